The normalized spacial score (nSPS) is 12.3. The van der Waals surface area contributed by atoms with E-state index >= 15 is 0 Å². The third-order valence-corrected chi connectivity index (χ3v) is 4.16. The zero-order valence-corrected chi connectivity index (χ0v) is 16.3. The van der Waals surface area contributed by atoms with Crippen molar-refractivity contribution in [3.05, 3.63) is 59.7 Å². The van der Waals surface area contributed by atoms with Crippen LogP contribution in [0.15, 0.2) is 48.5 Å². The molecule has 0 aromatic heterocycles. The van der Waals surface area contributed by atoms with Crippen LogP contribution in [-0.2, 0) is 10.2 Å². The second-order valence-electron chi connectivity index (χ2n) is 7.35. The number of carbonyl (C=O) groups is 1. The van der Waals surface area contributed by atoms with Crippen molar-refractivity contribution in [2.45, 2.75) is 46.1 Å². The molecule has 1 amide bonds. The van der Waals surface area contributed by atoms with Gasteiger partial charge in [0.1, 0.15) is 11.5 Å². The van der Waals surface area contributed by atoms with Gasteiger partial charge in [0.05, 0.1) is 12.6 Å². The number of benzene rings is 2. The summed E-state index contributed by atoms with van der Waals surface area (Å²) in [7, 11) is 0. The fourth-order valence-electron chi connectivity index (χ4n) is 2.59. The molecule has 4 heteroatoms. The van der Waals surface area contributed by atoms with Crippen LogP contribution in [0.4, 0.5) is 0 Å². The molecule has 2 rings (SSSR count). The molecule has 2 aromatic rings. The largest absolute Gasteiger partial charge is 0.494 e. The Balaban J connectivity index is 1.84. The van der Waals surface area contributed by atoms with E-state index in [9.17, 15) is 4.79 Å². The monoisotopic (exact) mass is 355 g/mol. The highest BCUT2D eigenvalue weighted by Gasteiger charge is 2.14. The molecule has 1 N–H and O–H groups in total. The lowest BCUT2D eigenvalue weighted by Gasteiger charge is -2.19. The number of carbonyl (C=O) groups excluding carboxylic acids is 1. The molecule has 4 nitrogen and oxygen atoms in total. The van der Waals surface area contributed by atoms with Crippen molar-refractivity contribution in [1.82, 2.24) is 5.32 Å². The summed E-state index contributed by atoms with van der Waals surface area (Å²) in [5.74, 6) is 1.38. The molecule has 1 atom stereocenters. The first-order valence-corrected chi connectivity index (χ1v) is 9.05. The summed E-state index contributed by atoms with van der Waals surface area (Å²) in [6.45, 7) is 11.0. The van der Waals surface area contributed by atoms with Crippen molar-refractivity contribution in [2.75, 3.05) is 13.2 Å². The minimum Gasteiger partial charge on any atom is -0.494 e. The van der Waals surface area contributed by atoms with E-state index in [2.05, 4.69) is 26.1 Å². The molecule has 26 heavy (non-hydrogen) atoms. The van der Waals surface area contributed by atoms with E-state index in [0.29, 0.717) is 12.4 Å². The average Bonchev–Trinajstić information content (AvgIpc) is 2.60. The van der Waals surface area contributed by atoms with E-state index in [1.165, 1.54) is 5.56 Å². The lowest BCUT2D eigenvalue weighted by molar-refractivity contribution is -0.123. The molecule has 0 aliphatic carbocycles. The molecule has 140 valence electrons. The molecule has 1 unspecified atom stereocenters. The van der Waals surface area contributed by atoms with Crippen LogP contribution in [0.5, 0.6) is 11.5 Å². The lowest BCUT2D eigenvalue weighted by Crippen LogP contribution is -2.31. The molecular formula is C22H29NO3. The topological polar surface area (TPSA) is 47.6 Å². The van der Waals surface area contributed by atoms with Gasteiger partial charge < -0.3 is 14.8 Å². The third kappa shape index (κ3) is 5.80. The summed E-state index contributed by atoms with van der Waals surface area (Å²) in [5, 5.41) is 2.95. The third-order valence-electron chi connectivity index (χ3n) is 4.16. The summed E-state index contributed by atoms with van der Waals surface area (Å²) in [4.78, 5) is 12.1. The van der Waals surface area contributed by atoms with Gasteiger partial charge in [0.2, 0.25) is 0 Å². The van der Waals surface area contributed by atoms with Crippen LogP contribution in [-0.4, -0.2) is 19.1 Å². The molecule has 0 aliphatic rings. The molecule has 0 bridgehead atoms. The smallest absolute Gasteiger partial charge is 0.258 e. The lowest BCUT2D eigenvalue weighted by atomic mass is 9.87. The van der Waals surface area contributed by atoms with Crippen LogP contribution in [0.1, 0.15) is 51.8 Å². The molecule has 0 heterocycles. The Morgan fingerprint density at radius 2 is 1.50 bits per heavy atom. The van der Waals surface area contributed by atoms with Crippen LogP contribution in [0.3, 0.4) is 0 Å². The first kappa shape index (κ1) is 19.8. The molecule has 2 aromatic carbocycles. The van der Waals surface area contributed by atoms with Gasteiger partial charge in [-0.2, -0.15) is 0 Å². The Hall–Kier alpha value is -2.49. The van der Waals surface area contributed by atoms with Crippen molar-refractivity contribution >= 4 is 5.91 Å². The van der Waals surface area contributed by atoms with Crippen molar-refractivity contribution in [3.8, 4) is 11.5 Å². The van der Waals surface area contributed by atoms with Gasteiger partial charge in [-0.05, 0) is 54.7 Å². The fourth-order valence-corrected chi connectivity index (χ4v) is 2.59. The number of amides is 1. The van der Waals surface area contributed by atoms with E-state index in [4.69, 9.17) is 9.47 Å². The molecular weight excluding hydrogens is 326 g/mol. The molecule has 0 saturated carbocycles. The summed E-state index contributed by atoms with van der Waals surface area (Å²) in [6.07, 6.45) is 0. The molecule has 0 spiro atoms. The van der Waals surface area contributed by atoms with Crippen LogP contribution < -0.4 is 14.8 Å². The van der Waals surface area contributed by atoms with Gasteiger partial charge in [-0.25, -0.2) is 0 Å². The summed E-state index contributed by atoms with van der Waals surface area (Å²) in [6, 6.07) is 15.5. The zero-order valence-electron chi connectivity index (χ0n) is 16.3. The number of hydrogen-bond donors (Lipinski definition) is 1. The minimum absolute atomic E-state index is 0.00374. The van der Waals surface area contributed by atoms with Gasteiger partial charge >= 0.3 is 0 Å². The maximum Gasteiger partial charge on any atom is 0.258 e. The molecule has 0 saturated heterocycles. The maximum absolute atomic E-state index is 12.1. The second-order valence-corrected chi connectivity index (χ2v) is 7.35. The van der Waals surface area contributed by atoms with E-state index in [1.807, 2.05) is 62.4 Å². The molecule has 0 aliphatic heterocycles. The second kappa shape index (κ2) is 8.75. The SMILES string of the molecule is CCOc1ccc(C(C)NC(=O)COc2ccc(C(C)(C)C)cc2)cc1. The van der Waals surface area contributed by atoms with Crippen molar-refractivity contribution < 1.29 is 14.3 Å². The van der Waals surface area contributed by atoms with Crippen molar-refractivity contribution in [2.24, 2.45) is 0 Å². The predicted molar refractivity (Wildman–Crippen MR) is 105 cm³/mol. The highest BCUT2D eigenvalue weighted by atomic mass is 16.5. The first-order chi connectivity index (χ1) is 12.3. The fraction of sp³-hybridized carbons (Fsp3) is 0.409. The van der Waals surface area contributed by atoms with Gasteiger partial charge in [-0.3, -0.25) is 4.79 Å². The van der Waals surface area contributed by atoms with Gasteiger partial charge in [-0.1, -0.05) is 45.0 Å². The minimum atomic E-state index is -0.147. The Kier molecular flexibility index (Phi) is 6.67. The predicted octanol–water partition coefficient (Wildman–Crippen LogP) is 4.64. The first-order valence-electron chi connectivity index (χ1n) is 9.05. The summed E-state index contributed by atoms with van der Waals surface area (Å²) >= 11 is 0. The standard InChI is InChI=1S/C22H29NO3/c1-6-25-19-11-7-17(8-12-19)16(2)23-21(24)15-26-20-13-9-18(10-14-20)22(3,4)5/h7-14,16H,6,15H2,1-5H3,(H,23,24). The van der Waals surface area contributed by atoms with E-state index < -0.39 is 0 Å². The van der Waals surface area contributed by atoms with Crippen LogP contribution >= 0.6 is 0 Å². The quantitative estimate of drug-likeness (QED) is 0.787. The zero-order chi connectivity index (χ0) is 19.2. The van der Waals surface area contributed by atoms with E-state index in [-0.39, 0.29) is 24.0 Å². The number of hydrogen-bond acceptors (Lipinski definition) is 3. The summed E-state index contributed by atoms with van der Waals surface area (Å²) < 4.78 is 11.0. The van der Waals surface area contributed by atoms with Gasteiger partial charge in [0, 0.05) is 0 Å². The van der Waals surface area contributed by atoms with Crippen LogP contribution in [0.2, 0.25) is 0 Å². The van der Waals surface area contributed by atoms with Gasteiger partial charge in [0.15, 0.2) is 6.61 Å². The highest BCUT2D eigenvalue weighted by Crippen LogP contribution is 2.24. The Bertz CT molecular complexity index is 700. The van der Waals surface area contributed by atoms with Gasteiger partial charge in [0.25, 0.3) is 5.91 Å². The van der Waals surface area contributed by atoms with E-state index in [0.717, 1.165) is 11.3 Å². The maximum atomic E-state index is 12.1. The van der Waals surface area contributed by atoms with Crippen molar-refractivity contribution in [1.29, 1.82) is 0 Å². The Labute approximate surface area is 156 Å². The van der Waals surface area contributed by atoms with Crippen LogP contribution in [0.25, 0.3) is 0 Å². The Morgan fingerprint density at radius 3 is 2.04 bits per heavy atom. The highest BCUT2D eigenvalue weighted by molar-refractivity contribution is 5.78. The average molecular weight is 355 g/mol. The summed E-state index contributed by atoms with van der Waals surface area (Å²) in [5.41, 5.74) is 2.36. The van der Waals surface area contributed by atoms with E-state index in [1.54, 1.807) is 0 Å². The Morgan fingerprint density at radius 1 is 0.962 bits per heavy atom. The number of nitrogens with one attached hydrogen (secondary N) is 1. The molecule has 0 fully saturated rings. The van der Waals surface area contributed by atoms with Gasteiger partial charge in [-0.15, -0.1) is 0 Å². The molecule has 0 radical (unpaired) electrons. The number of ether oxygens (including phenoxy) is 2. The van der Waals surface area contributed by atoms with Crippen LogP contribution in [0, 0.1) is 0 Å². The number of rotatable bonds is 7. The van der Waals surface area contributed by atoms with Crippen molar-refractivity contribution in [3.63, 3.8) is 0 Å².